The summed E-state index contributed by atoms with van der Waals surface area (Å²) in [6.07, 6.45) is 0.656. The first-order valence-electron chi connectivity index (χ1n) is 11.4. The number of hydrogen-bond donors (Lipinski definition) is 0. The Kier molecular flexibility index (Phi) is 9.93. The fourth-order valence-corrected chi connectivity index (χ4v) is 4.55. The van der Waals surface area contributed by atoms with Gasteiger partial charge in [-0.3, -0.25) is 9.59 Å². The van der Waals surface area contributed by atoms with E-state index in [0.717, 1.165) is 16.0 Å². The van der Waals surface area contributed by atoms with Crippen LogP contribution in [0.25, 0.3) is 0 Å². The first kappa shape index (κ1) is 26.5. The summed E-state index contributed by atoms with van der Waals surface area (Å²) in [5, 5.41) is 1.98. The zero-order chi connectivity index (χ0) is 25.2. The van der Waals surface area contributed by atoms with Crippen LogP contribution in [-0.4, -0.2) is 48.4 Å². The molecule has 0 spiro atoms. The third-order valence-corrected chi connectivity index (χ3v) is 6.67. The van der Waals surface area contributed by atoms with Crippen LogP contribution in [0.2, 0.25) is 0 Å². The van der Waals surface area contributed by atoms with Crippen molar-refractivity contribution in [3.63, 3.8) is 0 Å². The second kappa shape index (κ2) is 13.1. The molecule has 0 unspecified atom stereocenters. The van der Waals surface area contributed by atoms with E-state index in [1.165, 1.54) is 29.2 Å². The van der Waals surface area contributed by atoms with Gasteiger partial charge < -0.3 is 14.5 Å². The van der Waals surface area contributed by atoms with Gasteiger partial charge in [-0.2, -0.15) is 0 Å². The van der Waals surface area contributed by atoms with Gasteiger partial charge in [0.15, 0.2) is 0 Å². The van der Waals surface area contributed by atoms with Crippen LogP contribution in [0.3, 0.4) is 0 Å². The molecule has 35 heavy (non-hydrogen) atoms. The molecule has 3 aromatic rings. The van der Waals surface area contributed by atoms with Crippen LogP contribution >= 0.6 is 11.3 Å². The summed E-state index contributed by atoms with van der Waals surface area (Å²) < 4.78 is 31.8. The number of rotatable bonds is 12. The van der Waals surface area contributed by atoms with Gasteiger partial charge in [-0.1, -0.05) is 24.3 Å². The van der Waals surface area contributed by atoms with Crippen LogP contribution in [0, 0.1) is 18.6 Å². The molecule has 0 atom stereocenters. The molecule has 0 fully saturated rings. The summed E-state index contributed by atoms with van der Waals surface area (Å²) in [6, 6.07) is 13.8. The molecule has 5 nitrogen and oxygen atoms in total. The number of hydrogen-bond acceptors (Lipinski definition) is 4. The van der Waals surface area contributed by atoms with Gasteiger partial charge in [0.2, 0.25) is 11.8 Å². The summed E-state index contributed by atoms with van der Waals surface area (Å²) in [7, 11) is 1.59. The lowest BCUT2D eigenvalue weighted by molar-refractivity contribution is -0.141. The fraction of sp³-hybridized carbons (Fsp3) is 0.333. The minimum Gasteiger partial charge on any atom is -0.385 e. The Morgan fingerprint density at radius 3 is 2.06 bits per heavy atom. The minimum atomic E-state index is -0.367. The predicted molar refractivity (Wildman–Crippen MR) is 133 cm³/mol. The molecule has 0 aliphatic heterocycles. The van der Waals surface area contributed by atoms with E-state index in [1.807, 2.05) is 18.4 Å². The lowest BCUT2D eigenvalue weighted by Crippen LogP contribution is -2.43. The van der Waals surface area contributed by atoms with Gasteiger partial charge in [0, 0.05) is 31.7 Å². The SMILES string of the molecule is COCCCN(CC(=O)N(Cc1ccc(F)cc1)Cc1sccc1C)C(=O)Cc1ccc(F)cc1. The van der Waals surface area contributed by atoms with Gasteiger partial charge in [-0.05, 0) is 65.7 Å². The van der Waals surface area contributed by atoms with E-state index >= 15 is 0 Å². The maximum Gasteiger partial charge on any atom is 0.242 e. The highest BCUT2D eigenvalue weighted by Crippen LogP contribution is 2.20. The first-order chi connectivity index (χ1) is 16.9. The van der Waals surface area contributed by atoms with Crippen LogP contribution < -0.4 is 0 Å². The highest BCUT2D eigenvalue weighted by atomic mass is 32.1. The summed E-state index contributed by atoms with van der Waals surface area (Å²) in [5.41, 5.74) is 2.58. The molecule has 0 bridgehead atoms. The average molecular weight is 501 g/mol. The average Bonchev–Trinajstić information content (AvgIpc) is 3.25. The number of methoxy groups -OCH3 is 1. The summed E-state index contributed by atoms with van der Waals surface area (Å²) >= 11 is 1.57. The van der Waals surface area contributed by atoms with Gasteiger partial charge in [0.25, 0.3) is 0 Å². The van der Waals surface area contributed by atoms with E-state index in [-0.39, 0.29) is 36.4 Å². The van der Waals surface area contributed by atoms with Crippen LogP contribution in [0.15, 0.2) is 60.0 Å². The second-order valence-electron chi connectivity index (χ2n) is 8.37. The number of carbonyl (C=O) groups excluding carboxylic acids is 2. The second-order valence-corrected chi connectivity index (χ2v) is 9.37. The predicted octanol–water partition coefficient (Wildman–Crippen LogP) is 4.97. The molecule has 3 rings (SSSR count). The van der Waals surface area contributed by atoms with Gasteiger partial charge in [0.05, 0.1) is 19.5 Å². The minimum absolute atomic E-state index is 0.0720. The van der Waals surface area contributed by atoms with E-state index in [2.05, 4.69) is 0 Å². The maximum atomic E-state index is 13.5. The van der Waals surface area contributed by atoms with Crippen molar-refractivity contribution in [2.24, 2.45) is 0 Å². The molecular weight excluding hydrogens is 470 g/mol. The number of benzene rings is 2. The van der Waals surface area contributed by atoms with Crippen molar-refractivity contribution in [2.75, 3.05) is 26.8 Å². The molecule has 2 aromatic carbocycles. The highest BCUT2D eigenvalue weighted by Gasteiger charge is 2.23. The van der Waals surface area contributed by atoms with E-state index < -0.39 is 0 Å². The van der Waals surface area contributed by atoms with Crippen molar-refractivity contribution in [2.45, 2.75) is 32.9 Å². The van der Waals surface area contributed by atoms with Gasteiger partial charge in [-0.15, -0.1) is 11.3 Å². The molecule has 0 aliphatic rings. The molecular formula is C27H30F2N2O3S. The standard InChI is InChI=1S/C27H30F2N2O3S/c1-20-12-15-35-25(20)18-31(17-22-6-10-24(29)11-7-22)27(33)19-30(13-3-14-34-2)26(32)16-21-4-8-23(28)9-5-21/h4-12,15H,3,13-14,16-19H2,1-2H3. The number of ether oxygens (including phenoxy) is 1. The van der Waals surface area contributed by atoms with E-state index in [1.54, 1.807) is 47.6 Å². The highest BCUT2D eigenvalue weighted by molar-refractivity contribution is 7.10. The van der Waals surface area contributed by atoms with Crippen molar-refractivity contribution in [1.29, 1.82) is 0 Å². The lowest BCUT2D eigenvalue weighted by atomic mass is 10.1. The molecule has 0 saturated carbocycles. The molecule has 1 aromatic heterocycles. The quantitative estimate of drug-likeness (QED) is 0.330. The van der Waals surface area contributed by atoms with Crippen molar-refractivity contribution < 1.29 is 23.1 Å². The monoisotopic (exact) mass is 500 g/mol. The molecule has 0 aliphatic carbocycles. The molecule has 0 radical (unpaired) electrons. The zero-order valence-electron chi connectivity index (χ0n) is 20.0. The molecule has 0 N–H and O–H groups in total. The number of amides is 2. The Bertz CT molecular complexity index is 1100. The van der Waals surface area contributed by atoms with E-state index in [4.69, 9.17) is 4.74 Å². The third-order valence-electron chi connectivity index (χ3n) is 5.67. The lowest BCUT2D eigenvalue weighted by Gasteiger charge is -2.28. The normalized spacial score (nSPS) is 10.9. The van der Waals surface area contributed by atoms with Crippen LogP contribution in [-0.2, 0) is 33.8 Å². The van der Waals surface area contributed by atoms with E-state index in [0.29, 0.717) is 38.2 Å². The van der Waals surface area contributed by atoms with Gasteiger partial charge in [0.1, 0.15) is 11.6 Å². The molecule has 1 heterocycles. The smallest absolute Gasteiger partial charge is 0.242 e. The fourth-order valence-electron chi connectivity index (χ4n) is 3.63. The first-order valence-corrected chi connectivity index (χ1v) is 12.3. The Labute approximate surface area is 208 Å². The number of aryl methyl sites for hydroxylation is 1. The molecule has 2 amide bonds. The van der Waals surface area contributed by atoms with Gasteiger partial charge >= 0.3 is 0 Å². The Balaban J connectivity index is 1.76. The van der Waals surface area contributed by atoms with Crippen molar-refractivity contribution in [3.05, 3.63) is 93.2 Å². The van der Waals surface area contributed by atoms with Crippen molar-refractivity contribution in [3.8, 4) is 0 Å². The zero-order valence-corrected chi connectivity index (χ0v) is 20.8. The third kappa shape index (κ3) is 8.26. The van der Waals surface area contributed by atoms with Crippen molar-refractivity contribution in [1.82, 2.24) is 9.80 Å². The van der Waals surface area contributed by atoms with Crippen LogP contribution in [0.5, 0.6) is 0 Å². The summed E-state index contributed by atoms with van der Waals surface area (Å²) in [5.74, 6) is -1.12. The Morgan fingerprint density at radius 1 is 0.857 bits per heavy atom. The summed E-state index contributed by atoms with van der Waals surface area (Å²) in [6.45, 7) is 3.43. The number of carbonyl (C=O) groups is 2. The van der Waals surface area contributed by atoms with Crippen molar-refractivity contribution >= 4 is 23.2 Å². The van der Waals surface area contributed by atoms with Crippen LogP contribution in [0.1, 0.15) is 28.0 Å². The largest absolute Gasteiger partial charge is 0.385 e. The number of halogens is 2. The molecule has 0 saturated heterocycles. The summed E-state index contributed by atoms with van der Waals surface area (Å²) in [4.78, 5) is 30.9. The Morgan fingerprint density at radius 2 is 1.49 bits per heavy atom. The van der Waals surface area contributed by atoms with E-state index in [9.17, 15) is 18.4 Å². The topological polar surface area (TPSA) is 49.9 Å². The maximum absolute atomic E-state index is 13.5. The molecule has 186 valence electrons. The van der Waals surface area contributed by atoms with Gasteiger partial charge in [-0.25, -0.2) is 8.78 Å². The Hall–Kier alpha value is -3.10. The number of nitrogens with zero attached hydrogens (tertiary/aromatic N) is 2. The molecule has 8 heteroatoms. The van der Waals surface area contributed by atoms with Crippen LogP contribution in [0.4, 0.5) is 8.78 Å². The number of thiophene rings is 1.